The molecule has 1 heterocycles. The molecule has 0 spiro atoms. The Morgan fingerprint density at radius 2 is 1.62 bits per heavy atom. The molecule has 1 unspecified atom stereocenters. The molecule has 122 valence electrons. The summed E-state index contributed by atoms with van der Waals surface area (Å²) in [4.78, 5) is 16.9. The summed E-state index contributed by atoms with van der Waals surface area (Å²) in [6.07, 6.45) is 0. The number of nitrogens with zero attached hydrogens (tertiary/aromatic N) is 3. The summed E-state index contributed by atoms with van der Waals surface area (Å²) < 4.78 is 0. The van der Waals surface area contributed by atoms with Crippen LogP contribution in [0, 0.1) is 11.3 Å². The Kier molecular flexibility index (Phi) is 4.93. The summed E-state index contributed by atoms with van der Waals surface area (Å²) in [5.41, 5.74) is 2.54. The molecule has 1 amide bonds. The molecule has 0 aromatic heterocycles. The average molecular weight is 319 g/mol. The summed E-state index contributed by atoms with van der Waals surface area (Å²) in [5.74, 6) is 0.0477. The lowest BCUT2D eigenvalue weighted by atomic mass is 10.1. The lowest BCUT2D eigenvalue weighted by Crippen LogP contribution is -2.49. The fourth-order valence-electron chi connectivity index (χ4n) is 3.12. The quantitative estimate of drug-likeness (QED) is 0.873. The molecule has 1 aliphatic rings. The van der Waals surface area contributed by atoms with Gasteiger partial charge in [0, 0.05) is 37.8 Å². The number of hydrogen-bond donors (Lipinski definition) is 0. The molecule has 4 nitrogen and oxygen atoms in total. The van der Waals surface area contributed by atoms with Crippen LogP contribution in [-0.2, 0) is 0 Å². The minimum Gasteiger partial charge on any atom is -0.336 e. The summed E-state index contributed by atoms with van der Waals surface area (Å²) in [6, 6.07) is 19.8. The van der Waals surface area contributed by atoms with E-state index in [1.807, 2.05) is 11.0 Å². The number of carbonyl (C=O) groups is 1. The van der Waals surface area contributed by atoms with Gasteiger partial charge in [-0.05, 0) is 36.8 Å². The van der Waals surface area contributed by atoms with Crippen LogP contribution in [0.4, 0.5) is 0 Å². The molecule has 1 saturated heterocycles. The van der Waals surface area contributed by atoms with Crippen molar-refractivity contribution in [1.82, 2.24) is 9.80 Å². The van der Waals surface area contributed by atoms with Crippen molar-refractivity contribution in [3.8, 4) is 6.07 Å². The van der Waals surface area contributed by atoms with E-state index in [1.165, 1.54) is 5.56 Å². The van der Waals surface area contributed by atoms with Crippen LogP contribution in [0.5, 0.6) is 0 Å². The number of amides is 1. The molecule has 0 aliphatic carbocycles. The molecule has 0 radical (unpaired) electrons. The second kappa shape index (κ2) is 7.29. The first kappa shape index (κ1) is 16.2. The Balaban J connectivity index is 1.60. The summed E-state index contributed by atoms with van der Waals surface area (Å²) in [6.45, 7) is 5.43. The molecular weight excluding hydrogens is 298 g/mol. The van der Waals surface area contributed by atoms with Crippen LogP contribution < -0.4 is 0 Å². The van der Waals surface area contributed by atoms with E-state index in [9.17, 15) is 4.79 Å². The Morgan fingerprint density at radius 1 is 1.00 bits per heavy atom. The SMILES string of the molecule is CC(c1ccccc1)N1CCN(C(=O)c2ccc(C#N)cc2)CC1. The number of benzene rings is 2. The lowest BCUT2D eigenvalue weighted by molar-refractivity contribution is 0.0582. The highest BCUT2D eigenvalue weighted by Gasteiger charge is 2.25. The van der Waals surface area contributed by atoms with E-state index in [-0.39, 0.29) is 5.91 Å². The van der Waals surface area contributed by atoms with Crippen LogP contribution in [0.3, 0.4) is 0 Å². The average Bonchev–Trinajstić information content (AvgIpc) is 2.68. The van der Waals surface area contributed by atoms with Gasteiger partial charge in [0.05, 0.1) is 11.6 Å². The van der Waals surface area contributed by atoms with Gasteiger partial charge in [0.15, 0.2) is 0 Å². The first-order valence-electron chi connectivity index (χ1n) is 8.27. The highest BCUT2D eigenvalue weighted by molar-refractivity contribution is 5.94. The maximum atomic E-state index is 12.6. The van der Waals surface area contributed by atoms with Crippen LogP contribution in [0.2, 0.25) is 0 Å². The van der Waals surface area contributed by atoms with E-state index in [4.69, 9.17) is 5.26 Å². The van der Waals surface area contributed by atoms with Crippen LogP contribution in [-0.4, -0.2) is 41.9 Å². The van der Waals surface area contributed by atoms with E-state index >= 15 is 0 Å². The van der Waals surface area contributed by atoms with Crippen molar-refractivity contribution in [2.75, 3.05) is 26.2 Å². The second-order valence-corrected chi connectivity index (χ2v) is 6.10. The number of rotatable bonds is 3. The maximum absolute atomic E-state index is 12.6. The third kappa shape index (κ3) is 3.47. The molecule has 1 fully saturated rings. The molecule has 3 rings (SSSR count). The molecule has 1 aliphatic heterocycles. The van der Waals surface area contributed by atoms with Crippen LogP contribution in [0.15, 0.2) is 54.6 Å². The topological polar surface area (TPSA) is 47.3 Å². The van der Waals surface area contributed by atoms with Crippen LogP contribution in [0.25, 0.3) is 0 Å². The third-order valence-electron chi connectivity index (χ3n) is 4.69. The van der Waals surface area contributed by atoms with Gasteiger partial charge in [-0.3, -0.25) is 9.69 Å². The van der Waals surface area contributed by atoms with Crippen LogP contribution >= 0.6 is 0 Å². The van der Waals surface area contributed by atoms with Gasteiger partial charge in [-0.25, -0.2) is 0 Å². The normalized spacial score (nSPS) is 16.4. The lowest BCUT2D eigenvalue weighted by Gasteiger charge is -2.38. The van der Waals surface area contributed by atoms with E-state index in [2.05, 4.69) is 42.2 Å². The summed E-state index contributed by atoms with van der Waals surface area (Å²) in [5, 5.41) is 8.84. The van der Waals surface area contributed by atoms with Gasteiger partial charge in [0.2, 0.25) is 0 Å². The largest absolute Gasteiger partial charge is 0.336 e. The van der Waals surface area contributed by atoms with Crippen molar-refractivity contribution < 1.29 is 4.79 Å². The molecule has 0 bridgehead atoms. The first-order valence-corrected chi connectivity index (χ1v) is 8.27. The standard InChI is InChI=1S/C20H21N3O/c1-16(18-5-3-2-4-6-18)22-11-13-23(14-12-22)20(24)19-9-7-17(15-21)8-10-19/h2-10,16H,11-14H2,1H3. The van der Waals surface area contributed by atoms with Gasteiger partial charge >= 0.3 is 0 Å². The highest BCUT2D eigenvalue weighted by Crippen LogP contribution is 2.21. The Bertz CT molecular complexity index is 726. The number of piperazine rings is 1. The molecule has 2 aromatic rings. The van der Waals surface area contributed by atoms with Gasteiger partial charge in [-0.15, -0.1) is 0 Å². The fraction of sp³-hybridized carbons (Fsp3) is 0.300. The zero-order chi connectivity index (χ0) is 16.9. The predicted molar refractivity (Wildman–Crippen MR) is 93.5 cm³/mol. The van der Waals surface area contributed by atoms with Crippen molar-refractivity contribution in [1.29, 1.82) is 5.26 Å². The Hall–Kier alpha value is -2.64. The molecule has 0 saturated carbocycles. The zero-order valence-corrected chi connectivity index (χ0v) is 13.9. The third-order valence-corrected chi connectivity index (χ3v) is 4.69. The molecule has 0 N–H and O–H groups in total. The summed E-state index contributed by atoms with van der Waals surface area (Å²) >= 11 is 0. The van der Waals surface area contributed by atoms with E-state index < -0.39 is 0 Å². The smallest absolute Gasteiger partial charge is 0.253 e. The highest BCUT2D eigenvalue weighted by atomic mass is 16.2. The number of carbonyl (C=O) groups excluding carboxylic acids is 1. The van der Waals surface area contributed by atoms with Crippen molar-refractivity contribution >= 4 is 5.91 Å². The minimum absolute atomic E-state index is 0.0477. The molecule has 2 aromatic carbocycles. The molecular formula is C20H21N3O. The minimum atomic E-state index is 0.0477. The zero-order valence-electron chi connectivity index (χ0n) is 13.9. The molecule has 4 heteroatoms. The van der Waals surface area contributed by atoms with Gasteiger partial charge in [0.1, 0.15) is 0 Å². The van der Waals surface area contributed by atoms with Gasteiger partial charge in [-0.2, -0.15) is 5.26 Å². The van der Waals surface area contributed by atoms with Gasteiger partial charge < -0.3 is 4.90 Å². The van der Waals surface area contributed by atoms with E-state index in [0.29, 0.717) is 17.2 Å². The van der Waals surface area contributed by atoms with E-state index in [1.54, 1.807) is 24.3 Å². The predicted octanol–water partition coefficient (Wildman–Crippen LogP) is 3.08. The summed E-state index contributed by atoms with van der Waals surface area (Å²) in [7, 11) is 0. The van der Waals surface area contributed by atoms with Gasteiger partial charge in [-0.1, -0.05) is 30.3 Å². The van der Waals surface area contributed by atoms with Gasteiger partial charge in [0.25, 0.3) is 5.91 Å². The van der Waals surface area contributed by atoms with Crippen molar-refractivity contribution in [2.24, 2.45) is 0 Å². The monoisotopic (exact) mass is 319 g/mol. The maximum Gasteiger partial charge on any atom is 0.253 e. The van der Waals surface area contributed by atoms with E-state index in [0.717, 1.165) is 26.2 Å². The number of hydrogen-bond acceptors (Lipinski definition) is 3. The van der Waals surface area contributed by atoms with Crippen LogP contribution in [0.1, 0.15) is 34.5 Å². The molecule has 1 atom stereocenters. The fourth-order valence-corrected chi connectivity index (χ4v) is 3.12. The Morgan fingerprint density at radius 3 is 2.21 bits per heavy atom. The van der Waals surface area contributed by atoms with Crippen molar-refractivity contribution in [3.63, 3.8) is 0 Å². The molecule has 24 heavy (non-hydrogen) atoms. The second-order valence-electron chi connectivity index (χ2n) is 6.10. The Labute approximate surface area is 142 Å². The van der Waals surface area contributed by atoms with Crippen molar-refractivity contribution in [2.45, 2.75) is 13.0 Å². The van der Waals surface area contributed by atoms with Crippen molar-refractivity contribution in [3.05, 3.63) is 71.3 Å². The first-order chi connectivity index (χ1) is 11.7. The number of nitriles is 1.